The first-order valence-corrected chi connectivity index (χ1v) is 16.3. The standard InChI is InChI=1S/C45H25N5/c1-48-34-19-22-38-39-24-29(27-46)16-23-42(39)49(44(38)26-34)35-20-17-30(18-21-35)31-8-6-9-32(25-31)45-33(28-47)10-7-15-43(45)50-40-13-4-2-11-36(40)37-12-3-5-14-41(37)50/h2-26H. The van der Waals surface area contributed by atoms with E-state index in [0.717, 1.165) is 66.5 Å². The summed E-state index contributed by atoms with van der Waals surface area (Å²) in [5.41, 5.74) is 11.7. The van der Waals surface area contributed by atoms with Crippen LogP contribution >= 0.6 is 0 Å². The molecule has 50 heavy (non-hydrogen) atoms. The van der Waals surface area contributed by atoms with Crippen molar-refractivity contribution in [1.29, 1.82) is 10.5 Å². The van der Waals surface area contributed by atoms with Crippen LogP contribution in [-0.4, -0.2) is 9.13 Å². The number of nitrogens with zero attached hydrogens (tertiary/aromatic N) is 5. The van der Waals surface area contributed by atoms with Gasteiger partial charge in [-0.25, -0.2) is 4.85 Å². The molecule has 0 spiro atoms. The number of fused-ring (bicyclic) bond motifs is 6. The second-order valence-electron chi connectivity index (χ2n) is 12.3. The van der Waals surface area contributed by atoms with E-state index in [9.17, 15) is 10.5 Å². The minimum absolute atomic E-state index is 0.563. The van der Waals surface area contributed by atoms with Gasteiger partial charge in [-0.2, -0.15) is 10.5 Å². The number of rotatable bonds is 4. The Kier molecular flexibility index (Phi) is 6.56. The van der Waals surface area contributed by atoms with Crippen LogP contribution in [0.3, 0.4) is 0 Å². The van der Waals surface area contributed by atoms with Gasteiger partial charge in [-0.05, 0) is 83.4 Å². The maximum Gasteiger partial charge on any atom is 0.189 e. The molecule has 2 heterocycles. The molecule has 0 radical (unpaired) electrons. The number of para-hydroxylation sites is 2. The van der Waals surface area contributed by atoms with Crippen LogP contribution in [0.25, 0.3) is 82.1 Å². The Hall–Kier alpha value is -7.39. The number of aromatic nitrogens is 2. The normalized spacial score (nSPS) is 11.1. The van der Waals surface area contributed by atoms with Crippen LogP contribution in [0, 0.1) is 29.2 Å². The molecule has 0 aliphatic carbocycles. The minimum atomic E-state index is 0.563. The summed E-state index contributed by atoms with van der Waals surface area (Å²) < 4.78 is 4.43. The van der Waals surface area contributed by atoms with E-state index in [-0.39, 0.29) is 0 Å². The van der Waals surface area contributed by atoms with Crippen LogP contribution in [0.15, 0.2) is 152 Å². The Balaban J connectivity index is 1.18. The summed E-state index contributed by atoms with van der Waals surface area (Å²) in [6.07, 6.45) is 0. The second-order valence-corrected chi connectivity index (χ2v) is 12.3. The highest BCUT2D eigenvalue weighted by Crippen LogP contribution is 2.39. The Morgan fingerprint density at radius 2 is 1.16 bits per heavy atom. The summed E-state index contributed by atoms with van der Waals surface area (Å²) in [6.45, 7) is 7.60. The lowest BCUT2D eigenvalue weighted by Gasteiger charge is -2.16. The highest BCUT2D eigenvalue weighted by Gasteiger charge is 2.19. The van der Waals surface area contributed by atoms with Gasteiger partial charge in [-0.3, -0.25) is 0 Å². The van der Waals surface area contributed by atoms with Crippen LogP contribution in [-0.2, 0) is 0 Å². The first-order chi connectivity index (χ1) is 24.7. The van der Waals surface area contributed by atoms with Gasteiger partial charge in [0.2, 0.25) is 0 Å². The largest absolute Gasteiger partial charge is 0.311 e. The highest BCUT2D eigenvalue weighted by molar-refractivity contribution is 6.11. The second kappa shape index (κ2) is 11.4. The Morgan fingerprint density at radius 1 is 0.480 bits per heavy atom. The topological polar surface area (TPSA) is 61.8 Å². The van der Waals surface area contributed by atoms with Crippen molar-refractivity contribution in [3.63, 3.8) is 0 Å². The van der Waals surface area contributed by atoms with E-state index >= 15 is 0 Å². The molecule has 0 amide bonds. The average Bonchev–Trinajstić information content (AvgIpc) is 3.69. The zero-order chi connectivity index (χ0) is 33.8. The molecular formula is C45H25N5. The van der Waals surface area contributed by atoms with Gasteiger partial charge in [0.1, 0.15) is 0 Å². The smallest absolute Gasteiger partial charge is 0.189 e. The fourth-order valence-electron chi connectivity index (χ4n) is 7.39. The van der Waals surface area contributed by atoms with E-state index in [1.807, 2.05) is 54.6 Å². The molecule has 7 aromatic carbocycles. The lowest BCUT2D eigenvalue weighted by Crippen LogP contribution is -1.99. The maximum atomic E-state index is 10.4. The van der Waals surface area contributed by atoms with Crippen molar-refractivity contribution in [2.45, 2.75) is 0 Å². The van der Waals surface area contributed by atoms with Gasteiger partial charge in [0.15, 0.2) is 5.69 Å². The molecule has 0 unspecified atom stereocenters. The van der Waals surface area contributed by atoms with Gasteiger partial charge in [-0.15, -0.1) is 0 Å². The maximum absolute atomic E-state index is 10.4. The summed E-state index contributed by atoms with van der Waals surface area (Å²) in [5.74, 6) is 0. The zero-order valence-corrected chi connectivity index (χ0v) is 26.7. The Bertz CT molecular complexity index is 2900. The van der Waals surface area contributed by atoms with E-state index in [1.54, 1.807) is 0 Å². The van der Waals surface area contributed by atoms with Crippen molar-refractivity contribution in [1.82, 2.24) is 9.13 Å². The molecule has 0 bridgehead atoms. The number of hydrogen-bond acceptors (Lipinski definition) is 2. The monoisotopic (exact) mass is 635 g/mol. The molecule has 5 nitrogen and oxygen atoms in total. The van der Waals surface area contributed by atoms with E-state index in [2.05, 4.69) is 123 Å². The van der Waals surface area contributed by atoms with Gasteiger partial charge in [-0.1, -0.05) is 84.9 Å². The highest BCUT2D eigenvalue weighted by atomic mass is 15.0. The first-order valence-electron chi connectivity index (χ1n) is 16.3. The van der Waals surface area contributed by atoms with E-state index < -0.39 is 0 Å². The molecule has 2 aromatic heterocycles. The quantitative estimate of drug-likeness (QED) is 0.181. The van der Waals surface area contributed by atoms with Gasteiger partial charge in [0.25, 0.3) is 0 Å². The molecule has 0 aliphatic heterocycles. The SMILES string of the molecule is [C-]#[N+]c1ccc2c3cc(C#N)ccc3n(-c3ccc(-c4cccc(-c5c(C#N)cccc5-n5c6ccccc6c6ccccc65)c4)cc3)c2c1. The van der Waals surface area contributed by atoms with Gasteiger partial charge in [0.05, 0.1) is 52.1 Å². The summed E-state index contributed by atoms with van der Waals surface area (Å²) >= 11 is 0. The van der Waals surface area contributed by atoms with E-state index in [1.165, 1.54) is 10.8 Å². The van der Waals surface area contributed by atoms with Crippen molar-refractivity contribution in [3.05, 3.63) is 174 Å². The van der Waals surface area contributed by atoms with Crippen LogP contribution in [0.4, 0.5) is 5.69 Å². The predicted octanol–water partition coefficient (Wildman–Crippen LogP) is 11.5. The van der Waals surface area contributed by atoms with Crippen molar-refractivity contribution in [2.24, 2.45) is 0 Å². The summed E-state index contributed by atoms with van der Waals surface area (Å²) in [5, 5.41) is 24.2. The summed E-state index contributed by atoms with van der Waals surface area (Å²) in [6, 6.07) is 55.7. The number of nitriles is 2. The molecule has 0 aliphatic rings. The molecule has 0 saturated carbocycles. The fraction of sp³-hybridized carbons (Fsp3) is 0. The van der Waals surface area contributed by atoms with Crippen molar-refractivity contribution in [3.8, 4) is 45.8 Å². The van der Waals surface area contributed by atoms with Crippen molar-refractivity contribution in [2.75, 3.05) is 0 Å². The molecule has 9 rings (SSSR count). The zero-order valence-electron chi connectivity index (χ0n) is 26.7. The predicted molar refractivity (Wildman–Crippen MR) is 202 cm³/mol. The lowest BCUT2D eigenvalue weighted by molar-refractivity contribution is 1.18. The molecule has 0 atom stereocenters. The minimum Gasteiger partial charge on any atom is -0.311 e. The number of benzene rings is 7. The Labute approximate surface area is 288 Å². The summed E-state index contributed by atoms with van der Waals surface area (Å²) in [4.78, 5) is 3.67. The molecule has 230 valence electrons. The Morgan fingerprint density at radius 3 is 1.88 bits per heavy atom. The van der Waals surface area contributed by atoms with Crippen molar-refractivity contribution < 1.29 is 0 Å². The summed E-state index contributed by atoms with van der Waals surface area (Å²) in [7, 11) is 0. The fourth-order valence-corrected chi connectivity index (χ4v) is 7.39. The molecular weight excluding hydrogens is 611 g/mol. The molecule has 9 aromatic rings. The molecule has 5 heteroatoms. The third-order valence-corrected chi connectivity index (χ3v) is 9.60. The molecule has 0 fully saturated rings. The van der Waals surface area contributed by atoms with E-state index in [0.29, 0.717) is 16.8 Å². The van der Waals surface area contributed by atoms with Gasteiger partial charge < -0.3 is 9.13 Å². The third-order valence-electron chi connectivity index (χ3n) is 9.60. The average molecular weight is 636 g/mol. The third kappa shape index (κ3) is 4.38. The van der Waals surface area contributed by atoms with Crippen LogP contribution in [0.1, 0.15) is 11.1 Å². The first kappa shape index (κ1) is 28.8. The molecule has 0 N–H and O–H groups in total. The van der Waals surface area contributed by atoms with Gasteiger partial charge in [0, 0.05) is 38.3 Å². The van der Waals surface area contributed by atoms with Crippen LogP contribution in [0.2, 0.25) is 0 Å². The van der Waals surface area contributed by atoms with Crippen LogP contribution < -0.4 is 0 Å². The van der Waals surface area contributed by atoms with Gasteiger partial charge >= 0.3 is 0 Å². The van der Waals surface area contributed by atoms with Crippen molar-refractivity contribution >= 4 is 49.3 Å². The van der Waals surface area contributed by atoms with Crippen LogP contribution in [0.5, 0.6) is 0 Å². The van der Waals surface area contributed by atoms with E-state index in [4.69, 9.17) is 6.57 Å². The molecule has 0 saturated heterocycles. The lowest BCUT2D eigenvalue weighted by atomic mass is 9.94. The number of hydrogen-bond donors (Lipinski definition) is 0.